The van der Waals surface area contributed by atoms with Gasteiger partial charge in [-0.05, 0) is 12.1 Å². The molecule has 1 heterocycles. The summed E-state index contributed by atoms with van der Waals surface area (Å²) in [6, 6.07) is 12.0. The summed E-state index contributed by atoms with van der Waals surface area (Å²) in [5, 5.41) is 0.530. The molecule has 0 spiro atoms. The Bertz CT molecular complexity index is 886. The number of fused-ring (bicyclic) bond motifs is 1. The van der Waals surface area contributed by atoms with Crippen LogP contribution in [-0.2, 0) is 0 Å². The van der Waals surface area contributed by atoms with E-state index in [4.69, 9.17) is 18.6 Å². The Morgan fingerprint density at radius 1 is 0.870 bits per heavy atom. The van der Waals surface area contributed by atoms with E-state index in [1.807, 2.05) is 6.07 Å². The van der Waals surface area contributed by atoms with E-state index in [-0.39, 0.29) is 5.43 Å². The molecule has 5 heteroatoms. The summed E-state index contributed by atoms with van der Waals surface area (Å²) in [5.41, 5.74) is 0.954. The highest BCUT2D eigenvalue weighted by molar-refractivity contribution is 5.81. The van der Waals surface area contributed by atoms with Crippen molar-refractivity contribution < 1.29 is 18.6 Å². The fourth-order valence-corrected chi connectivity index (χ4v) is 2.48. The number of hydrogen-bond acceptors (Lipinski definition) is 5. The second-order valence-corrected chi connectivity index (χ2v) is 4.88. The Balaban J connectivity index is 2.31. The highest BCUT2D eigenvalue weighted by Crippen LogP contribution is 2.41. The van der Waals surface area contributed by atoms with E-state index in [9.17, 15) is 4.79 Å². The second-order valence-electron chi connectivity index (χ2n) is 4.88. The Morgan fingerprint density at radius 2 is 1.52 bits per heavy atom. The smallest absolute Gasteiger partial charge is 0.193 e. The highest BCUT2D eigenvalue weighted by atomic mass is 16.5. The van der Waals surface area contributed by atoms with Gasteiger partial charge in [0.2, 0.25) is 0 Å². The lowest BCUT2D eigenvalue weighted by atomic mass is 10.1. The first kappa shape index (κ1) is 15.0. The molecule has 2 aromatic carbocycles. The summed E-state index contributed by atoms with van der Waals surface area (Å²) in [4.78, 5) is 12.3. The van der Waals surface area contributed by atoms with Gasteiger partial charge in [0, 0.05) is 18.2 Å². The van der Waals surface area contributed by atoms with Crippen molar-refractivity contribution in [3.05, 3.63) is 52.7 Å². The molecule has 118 valence electrons. The van der Waals surface area contributed by atoms with Gasteiger partial charge >= 0.3 is 0 Å². The molecule has 0 aliphatic carbocycles. The largest absolute Gasteiger partial charge is 0.496 e. The molecule has 5 nitrogen and oxygen atoms in total. The van der Waals surface area contributed by atoms with Crippen LogP contribution in [0.4, 0.5) is 0 Å². The third kappa shape index (κ3) is 2.61. The minimum absolute atomic E-state index is 0.123. The molecule has 0 amide bonds. The van der Waals surface area contributed by atoms with Crippen LogP contribution in [0.2, 0.25) is 0 Å². The molecule has 0 N–H and O–H groups in total. The maximum atomic E-state index is 12.3. The van der Waals surface area contributed by atoms with Gasteiger partial charge in [0.15, 0.2) is 5.43 Å². The lowest BCUT2D eigenvalue weighted by Gasteiger charge is -2.14. The average Bonchev–Trinajstić information content (AvgIpc) is 2.60. The van der Waals surface area contributed by atoms with Crippen LogP contribution in [0.25, 0.3) is 22.3 Å². The lowest BCUT2D eigenvalue weighted by Crippen LogP contribution is -2.02. The average molecular weight is 312 g/mol. The van der Waals surface area contributed by atoms with E-state index in [2.05, 4.69) is 0 Å². The molecule has 3 rings (SSSR count). The van der Waals surface area contributed by atoms with Crippen molar-refractivity contribution in [1.29, 1.82) is 0 Å². The van der Waals surface area contributed by atoms with Crippen LogP contribution >= 0.6 is 0 Å². The minimum Gasteiger partial charge on any atom is -0.496 e. The van der Waals surface area contributed by atoms with Gasteiger partial charge in [-0.15, -0.1) is 0 Å². The molecule has 0 unspecified atom stereocenters. The van der Waals surface area contributed by atoms with Crippen molar-refractivity contribution in [2.24, 2.45) is 0 Å². The van der Waals surface area contributed by atoms with Gasteiger partial charge in [0.25, 0.3) is 0 Å². The van der Waals surface area contributed by atoms with E-state index in [1.54, 1.807) is 37.4 Å². The first-order valence-electron chi connectivity index (χ1n) is 7.01. The van der Waals surface area contributed by atoms with E-state index < -0.39 is 0 Å². The zero-order valence-corrected chi connectivity index (χ0v) is 13.1. The van der Waals surface area contributed by atoms with Gasteiger partial charge < -0.3 is 18.6 Å². The minimum atomic E-state index is -0.123. The molecular weight excluding hydrogens is 296 g/mol. The number of methoxy groups -OCH3 is 3. The maximum Gasteiger partial charge on any atom is 0.193 e. The predicted molar refractivity (Wildman–Crippen MR) is 87.6 cm³/mol. The summed E-state index contributed by atoms with van der Waals surface area (Å²) in [6.45, 7) is 0. The maximum absolute atomic E-state index is 12.3. The zero-order valence-electron chi connectivity index (χ0n) is 13.1. The van der Waals surface area contributed by atoms with E-state index in [1.165, 1.54) is 20.3 Å². The molecule has 0 fully saturated rings. The summed E-state index contributed by atoms with van der Waals surface area (Å²) < 4.78 is 21.9. The monoisotopic (exact) mass is 312 g/mol. The summed E-state index contributed by atoms with van der Waals surface area (Å²) in [7, 11) is 4.64. The quantitative estimate of drug-likeness (QED) is 0.738. The third-order valence-electron chi connectivity index (χ3n) is 3.60. The van der Waals surface area contributed by atoms with Crippen LogP contribution < -0.4 is 19.6 Å². The number of rotatable bonds is 4. The van der Waals surface area contributed by atoms with Crippen molar-refractivity contribution >= 4 is 11.0 Å². The topological polar surface area (TPSA) is 57.9 Å². The molecule has 0 atom stereocenters. The molecule has 0 saturated carbocycles. The number of hydrogen-bond donors (Lipinski definition) is 0. The molecule has 0 aliphatic rings. The SMILES string of the molecule is COc1cc(OC)c(-c2cc(=O)c3ccccc3o2)c(OC)c1. The second kappa shape index (κ2) is 6.04. The Kier molecular flexibility index (Phi) is 3.93. The van der Waals surface area contributed by atoms with Crippen molar-refractivity contribution in [2.75, 3.05) is 21.3 Å². The molecule has 23 heavy (non-hydrogen) atoms. The molecule has 0 saturated heterocycles. The van der Waals surface area contributed by atoms with Crippen LogP contribution in [0.3, 0.4) is 0 Å². The Hall–Kier alpha value is -2.95. The molecular formula is C18H16O5. The first-order chi connectivity index (χ1) is 11.2. The van der Waals surface area contributed by atoms with Gasteiger partial charge in [-0.25, -0.2) is 0 Å². The van der Waals surface area contributed by atoms with Crippen molar-refractivity contribution in [1.82, 2.24) is 0 Å². The number of benzene rings is 2. The van der Waals surface area contributed by atoms with Gasteiger partial charge in [-0.2, -0.15) is 0 Å². The van der Waals surface area contributed by atoms with E-state index >= 15 is 0 Å². The third-order valence-corrected chi connectivity index (χ3v) is 3.60. The Labute approximate surface area is 133 Å². The van der Waals surface area contributed by atoms with Crippen LogP contribution in [0.1, 0.15) is 0 Å². The van der Waals surface area contributed by atoms with Crippen molar-refractivity contribution in [2.45, 2.75) is 0 Å². The summed E-state index contributed by atoms with van der Waals surface area (Å²) in [5.74, 6) is 1.97. The van der Waals surface area contributed by atoms with Gasteiger partial charge in [0.05, 0.1) is 26.7 Å². The van der Waals surface area contributed by atoms with Gasteiger partial charge in [0.1, 0.15) is 34.2 Å². The standard InChI is InChI=1S/C18H16O5/c1-20-11-8-15(21-2)18(16(9-11)22-3)17-10-13(19)12-6-4-5-7-14(12)23-17/h4-10H,1-3H3. The zero-order chi connectivity index (χ0) is 16.4. The molecule has 1 aromatic heterocycles. The van der Waals surface area contributed by atoms with Crippen LogP contribution in [0.15, 0.2) is 51.7 Å². The van der Waals surface area contributed by atoms with E-state index in [0.29, 0.717) is 39.5 Å². The fraction of sp³-hybridized carbons (Fsp3) is 0.167. The number of para-hydroxylation sites is 1. The fourth-order valence-electron chi connectivity index (χ4n) is 2.48. The van der Waals surface area contributed by atoms with Crippen LogP contribution in [0, 0.1) is 0 Å². The first-order valence-corrected chi connectivity index (χ1v) is 7.01. The molecule has 3 aromatic rings. The normalized spacial score (nSPS) is 10.6. The lowest BCUT2D eigenvalue weighted by molar-refractivity contribution is 0.376. The summed E-state index contributed by atoms with van der Waals surface area (Å²) >= 11 is 0. The molecule has 0 aliphatic heterocycles. The molecule has 0 bridgehead atoms. The Morgan fingerprint density at radius 3 is 2.13 bits per heavy atom. The van der Waals surface area contributed by atoms with Crippen molar-refractivity contribution in [3.8, 4) is 28.6 Å². The molecule has 0 radical (unpaired) electrons. The number of ether oxygens (including phenoxy) is 3. The predicted octanol–water partition coefficient (Wildman–Crippen LogP) is 3.49. The van der Waals surface area contributed by atoms with E-state index in [0.717, 1.165) is 0 Å². The van der Waals surface area contributed by atoms with Crippen LogP contribution in [-0.4, -0.2) is 21.3 Å². The summed E-state index contributed by atoms with van der Waals surface area (Å²) in [6.07, 6.45) is 0. The van der Waals surface area contributed by atoms with Crippen LogP contribution in [0.5, 0.6) is 17.2 Å². The van der Waals surface area contributed by atoms with Gasteiger partial charge in [-0.1, -0.05) is 12.1 Å². The highest BCUT2D eigenvalue weighted by Gasteiger charge is 2.18. The van der Waals surface area contributed by atoms with Gasteiger partial charge in [-0.3, -0.25) is 4.79 Å². The van der Waals surface area contributed by atoms with Crippen molar-refractivity contribution in [3.63, 3.8) is 0 Å².